The molecule has 2 heterocycles. The van der Waals surface area contributed by atoms with E-state index in [1.54, 1.807) is 0 Å². The number of hydrogen-bond acceptors (Lipinski definition) is 2. The topological polar surface area (TPSA) is 13.1 Å². The van der Waals surface area contributed by atoms with Crippen molar-refractivity contribution in [2.45, 2.75) is 6.42 Å². The molecule has 0 fully saturated rings. The van der Waals surface area contributed by atoms with Gasteiger partial charge in [-0.3, -0.25) is 0 Å². The van der Waals surface area contributed by atoms with Crippen molar-refractivity contribution in [3.05, 3.63) is 157 Å². The fraction of sp³-hybridized carbons (Fsp3) is 0.0244. The molecule has 0 aliphatic carbocycles. The number of thiophene rings is 1. The lowest BCUT2D eigenvalue weighted by molar-refractivity contribution is 0.670. The zero-order valence-electron chi connectivity index (χ0n) is 23.4. The minimum atomic E-state index is 0.857. The summed E-state index contributed by atoms with van der Waals surface area (Å²) in [6.45, 7) is 0. The Morgan fingerprint density at radius 1 is 0.442 bits per heavy atom. The highest BCUT2D eigenvalue weighted by Crippen LogP contribution is 2.40. The van der Waals surface area contributed by atoms with Gasteiger partial charge in [0.1, 0.15) is 11.2 Å². The van der Waals surface area contributed by atoms with E-state index in [0.29, 0.717) is 0 Å². The second-order valence-corrected chi connectivity index (χ2v) is 12.5. The van der Waals surface area contributed by atoms with Crippen molar-refractivity contribution in [2.75, 3.05) is 0 Å². The van der Waals surface area contributed by atoms with E-state index in [-0.39, 0.29) is 0 Å². The summed E-state index contributed by atoms with van der Waals surface area (Å²) in [5.41, 5.74) is 9.21. The van der Waals surface area contributed by atoms with Crippen LogP contribution in [-0.2, 0) is 6.42 Å². The van der Waals surface area contributed by atoms with Crippen molar-refractivity contribution in [1.82, 2.24) is 0 Å². The van der Waals surface area contributed by atoms with Crippen molar-refractivity contribution in [2.24, 2.45) is 0 Å². The highest BCUT2D eigenvalue weighted by Gasteiger charge is 2.16. The molecule has 0 bridgehead atoms. The maximum Gasteiger partial charge on any atom is 0.143 e. The Hall–Kier alpha value is -5.18. The fourth-order valence-electron chi connectivity index (χ4n) is 6.53. The molecule has 0 amide bonds. The summed E-state index contributed by atoms with van der Waals surface area (Å²) >= 11 is 1.88. The Morgan fingerprint density at radius 3 is 2.00 bits per heavy atom. The maximum atomic E-state index is 6.66. The molecule has 0 atom stereocenters. The normalized spacial score (nSPS) is 11.8. The molecule has 0 N–H and O–H groups in total. The monoisotopic (exact) mass is 566 g/mol. The first-order chi connectivity index (χ1) is 21.3. The molecule has 2 aromatic heterocycles. The Morgan fingerprint density at radius 2 is 1.14 bits per heavy atom. The third-order valence-corrected chi connectivity index (χ3v) is 9.79. The summed E-state index contributed by atoms with van der Waals surface area (Å²) in [4.78, 5) is 0. The predicted molar refractivity (Wildman–Crippen MR) is 184 cm³/mol. The van der Waals surface area contributed by atoms with Crippen LogP contribution in [0.2, 0.25) is 0 Å². The third-order valence-electron chi connectivity index (χ3n) is 8.65. The van der Waals surface area contributed by atoms with Gasteiger partial charge in [0.2, 0.25) is 0 Å². The second-order valence-electron chi connectivity index (χ2n) is 11.4. The van der Waals surface area contributed by atoms with E-state index in [4.69, 9.17) is 4.42 Å². The number of fused-ring (bicyclic) bond motifs is 7. The van der Waals surface area contributed by atoms with Crippen LogP contribution in [0, 0.1) is 0 Å². The molecule has 2 heteroatoms. The number of hydrogen-bond donors (Lipinski definition) is 0. The van der Waals surface area contributed by atoms with Gasteiger partial charge in [-0.05, 0) is 81.4 Å². The van der Waals surface area contributed by atoms with Gasteiger partial charge < -0.3 is 4.42 Å². The van der Waals surface area contributed by atoms with Crippen LogP contribution in [0.15, 0.2) is 150 Å². The van der Waals surface area contributed by atoms with Gasteiger partial charge in [-0.25, -0.2) is 0 Å². The summed E-state index contributed by atoms with van der Waals surface area (Å²) < 4.78 is 9.35. The van der Waals surface area contributed by atoms with Crippen LogP contribution < -0.4 is 0 Å². The van der Waals surface area contributed by atoms with Crippen LogP contribution in [0.1, 0.15) is 11.1 Å². The maximum absolute atomic E-state index is 6.66. The summed E-state index contributed by atoms with van der Waals surface area (Å²) in [6.07, 6.45) is 0.857. The van der Waals surface area contributed by atoms with Crippen LogP contribution >= 0.6 is 11.3 Å². The quantitative estimate of drug-likeness (QED) is 0.206. The van der Waals surface area contributed by atoms with Crippen molar-refractivity contribution >= 4 is 64.2 Å². The third kappa shape index (κ3) is 4.14. The first-order valence-corrected chi connectivity index (χ1v) is 15.5. The van der Waals surface area contributed by atoms with Gasteiger partial charge in [0, 0.05) is 36.5 Å². The Kier molecular flexibility index (Phi) is 5.50. The Labute approximate surface area is 253 Å². The second kappa shape index (κ2) is 9.69. The van der Waals surface area contributed by atoms with E-state index in [1.165, 1.54) is 58.6 Å². The minimum Gasteiger partial charge on any atom is -0.455 e. The highest BCUT2D eigenvalue weighted by molar-refractivity contribution is 7.25. The van der Waals surface area contributed by atoms with Crippen LogP contribution in [0.5, 0.6) is 0 Å². The van der Waals surface area contributed by atoms with Crippen molar-refractivity contribution in [1.29, 1.82) is 0 Å². The molecular formula is C41H26OS. The number of rotatable bonds is 4. The van der Waals surface area contributed by atoms with Gasteiger partial charge in [0.05, 0.1) is 0 Å². The molecule has 43 heavy (non-hydrogen) atoms. The lowest BCUT2D eigenvalue weighted by Crippen LogP contribution is -1.90. The Balaban J connectivity index is 1.21. The van der Waals surface area contributed by atoms with E-state index in [9.17, 15) is 0 Å². The molecule has 0 saturated heterocycles. The SMILES string of the molecule is c1ccc(-c2ccc(-c3cc(Cc4ccc5c(c4)sc4ccccc45)cc4c3oc3cc5ccccc5cc34)cc2)cc1. The van der Waals surface area contributed by atoms with Crippen LogP contribution in [0.25, 0.3) is 75.1 Å². The largest absolute Gasteiger partial charge is 0.455 e. The van der Waals surface area contributed by atoms with Gasteiger partial charge in [0.25, 0.3) is 0 Å². The molecular weight excluding hydrogens is 541 g/mol. The summed E-state index contributed by atoms with van der Waals surface area (Å²) in [5.74, 6) is 0. The molecule has 9 rings (SSSR count). The van der Waals surface area contributed by atoms with E-state index in [0.717, 1.165) is 34.1 Å². The van der Waals surface area contributed by atoms with E-state index >= 15 is 0 Å². The minimum absolute atomic E-state index is 0.857. The molecule has 0 saturated carbocycles. The van der Waals surface area contributed by atoms with E-state index < -0.39 is 0 Å². The van der Waals surface area contributed by atoms with E-state index in [2.05, 4.69) is 146 Å². The molecule has 7 aromatic carbocycles. The zero-order chi connectivity index (χ0) is 28.3. The highest BCUT2D eigenvalue weighted by atomic mass is 32.1. The fourth-order valence-corrected chi connectivity index (χ4v) is 7.70. The zero-order valence-corrected chi connectivity index (χ0v) is 24.2. The number of benzene rings is 7. The lowest BCUT2D eigenvalue weighted by Gasteiger charge is -2.10. The van der Waals surface area contributed by atoms with Gasteiger partial charge in [-0.2, -0.15) is 0 Å². The molecule has 0 aliphatic heterocycles. The molecule has 0 radical (unpaired) electrons. The van der Waals surface area contributed by atoms with Crippen LogP contribution in [0.3, 0.4) is 0 Å². The Bertz CT molecular complexity index is 2460. The standard InChI is InChI=1S/C41H26OS/c1-2-8-28(9-3-1)29-15-17-30(18-16-29)35-21-27(20-26-14-19-34-33-12-6-7-13-39(33)43-40(34)23-26)22-37-36-24-31-10-4-5-11-32(31)25-38(36)42-41(35)37/h1-19,21-25H,20H2. The first kappa shape index (κ1) is 24.4. The average molecular weight is 567 g/mol. The van der Waals surface area contributed by atoms with Gasteiger partial charge >= 0.3 is 0 Å². The predicted octanol–water partition coefficient (Wildman–Crippen LogP) is 12.0. The number of furan rings is 1. The average Bonchev–Trinajstić information content (AvgIpc) is 3.61. The van der Waals surface area contributed by atoms with Crippen molar-refractivity contribution < 1.29 is 4.42 Å². The molecule has 9 aromatic rings. The van der Waals surface area contributed by atoms with Gasteiger partial charge in [-0.15, -0.1) is 11.3 Å². The first-order valence-electron chi connectivity index (χ1n) is 14.7. The lowest BCUT2D eigenvalue weighted by atomic mass is 9.94. The van der Waals surface area contributed by atoms with Crippen molar-refractivity contribution in [3.8, 4) is 22.3 Å². The van der Waals surface area contributed by atoms with Crippen molar-refractivity contribution in [3.63, 3.8) is 0 Å². The molecule has 0 unspecified atom stereocenters. The van der Waals surface area contributed by atoms with Crippen LogP contribution in [0.4, 0.5) is 0 Å². The van der Waals surface area contributed by atoms with Gasteiger partial charge in [0.15, 0.2) is 0 Å². The molecule has 0 spiro atoms. The molecule has 202 valence electrons. The molecule has 0 aliphatic rings. The summed E-state index contributed by atoms with van der Waals surface area (Å²) in [6, 6.07) is 52.8. The molecule has 1 nitrogen and oxygen atoms in total. The summed E-state index contributed by atoms with van der Waals surface area (Å²) in [7, 11) is 0. The van der Waals surface area contributed by atoms with Gasteiger partial charge in [-0.1, -0.05) is 109 Å². The summed E-state index contributed by atoms with van der Waals surface area (Å²) in [5, 5.41) is 7.44. The van der Waals surface area contributed by atoms with Crippen LogP contribution in [-0.4, -0.2) is 0 Å². The smallest absolute Gasteiger partial charge is 0.143 e. The van der Waals surface area contributed by atoms with E-state index in [1.807, 2.05) is 11.3 Å².